The molecule has 1 aliphatic rings. The van der Waals surface area contributed by atoms with Crippen LogP contribution in [0.1, 0.15) is 37.7 Å². The third-order valence-electron chi connectivity index (χ3n) is 3.91. The van der Waals surface area contributed by atoms with E-state index < -0.39 is 22.4 Å². The number of amides is 1. The van der Waals surface area contributed by atoms with Crippen LogP contribution in [0.5, 0.6) is 0 Å². The standard InChI is InChI=1S/C15H18F3N3O3/c16-15(17,18)10-5-6-12(13(9-10)21(23)24)19-8-7-14(22)20-11-3-1-2-4-11/h5-6,9,11,19H,1-4,7-8H2,(H,20,22). The number of carbonyl (C=O) groups is 1. The van der Waals surface area contributed by atoms with Crippen molar-refractivity contribution in [2.45, 2.75) is 44.3 Å². The fraction of sp³-hybridized carbons (Fsp3) is 0.533. The SMILES string of the molecule is O=C(CCNc1ccc(C(F)(F)F)cc1[N+](=O)[O-])NC1CCCC1. The zero-order chi connectivity index (χ0) is 17.7. The normalized spacial score (nSPS) is 15.3. The van der Waals surface area contributed by atoms with E-state index in [0.717, 1.165) is 37.8 Å². The fourth-order valence-corrected chi connectivity index (χ4v) is 2.69. The Bertz CT molecular complexity index is 614. The zero-order valence-corrected chi connectivity index (χ0v) is 12.9. The number of nitrogens with one attached hydrogen (secondary N) is 2. The first kappa shape index (κ1) is 18.0. The van der Waals surface area contributed by atoms with Crippen molar-refractivity contribution in [1.82, 2.24) is 5.32 Å². The van der Waals surface area contributed by atoms with E-state index in [4.69, 9.17) is 0 Å². The van der Waals surface area contributed by atoms with E-state index in [1.165, 1.54) is 0 Å². The molecule has 1 fully saturated rings. The van der Waals surface area contributed by atoms with Gasteiger partial charge in [-0.05, 0) is 25.0 Å². The van der Waals surface area contributed by atoms with Gasteiger partial charge in [0.2, 0.25) is 5.91 Å². The molecule has 132 valence electrons. The van der Waals surface area contributed by atoms with E-state index in [9.17, 15) is 28.1 Å². The van der Waals surface area contributed by atoms with E-state index in [0.29, 0.717) is 6.07 Å². The Labute approximate surface area is 136 Å². The van der Waals surface area contributed by atoms with Gasteiger partial charge in [0.1, 0.15) is 5.69 Å². The lowest BCUT2D eigenvalue weighted by molar-refractivity contribution is -0.384. The number of nitrogens with zero attached hydrogens (tertiary/aromatic N) is 1. The van der Waals surface area contributed by atoms with Gasteiger partial charge in [0.25, 0.3) is 5.69 Å². The van der Waals surface area contributed by atoms with Gasteiger partial charge in [0.05, 0.1) is 10.5 Å². The van der Waals surface area contributed by atoms with Crippen LogP contribution in [0.3, 0.4) is 0 Å². The summed E-state index contributed by atoms with van der Waals surface area (Å²) in [6, 6.07) is 2.45. The molecule has 0 saturated heterocycles. The lowest BCUT2D eigenvalue weighted by Crippen LogP contribution is -2.33. The van der Waals surface area contributed by atoms with Gasteiger partial charge in [0, 0.05) is 25.1 Å². The highest BCUT2D eigenvalue weighted by molar-refractivity contribution is 5.77. The molecule has 0 aliphatic heterocycles. The van der Waals surface area contributed by atoms with Crippen molar-refractivity contribution < 1.29 is 22.9 Å². The van der Waals surface area contributed by atoms with Gasteiger partial charge in [-0.2, -0.15) is 13.2 Å². The average molecular weight is 345 g/mol. The van der Waals surface area contributed by atoms with Gasteiger partial charge in [-0.25, -0.2) is 0 Å². The van der Waals surface area contributed by atoms with Crippen LogP contribution in [0.4, 0.5) is 24.5 Å². The van der Waals surface area contributed by atoms with E-state index in [1.807, 2.05) is 0 Å². The predicted octanol–water partition coefficient (Wildman–Crippen LogP) is 3.47. The van der Waals surface area contributed by atoms with Crippen LogP contribution >= 0.6 is 0 Å². The maximum absolute atomic E-state index is 12.6. The maximum Gasteiger partial charge on any atom is 0.416 e. The second-order valence-electron chi connectivity index (χ2n) is 5.71. The zero-order valence-electron chi connectivity index (χ0n) is 12.9. The lowest BCUT2D eigenvalue weighted by Gasteiger charge is -2.13. The van der Waals surface area contributed by atoms with Crippen LogP contribution in [-0.2, 0) is 11.0 Å². The number of alkyl halides is 3. The monoisotopic (exact) mass is 345 g/mol. The molecule has 0 heterocycles. The molecule has 1 amide bonds. The summed E-state index contributed by atoms with van der Waals surface area (Å²) in [5.41, 5.74) is -1.79. The Hall–Kier alpha value is -2.32. The number of rotatable bonds is 6. The molecule has 0 bridgehead atoms. The number of halogens is 3. The van der Waals surface area contributed by atoms with E-state index >= 15 is 0 Å². The van der Waals surface area contributed by atoms with Gasteiger partial charge in [-0.1, -0.05) is 12.8 Å². The van der Waals surface area contributed by atoms with E-state index in [2.05, 4.69) is 10.6 Å². The summed E-state index contributed by atoms with van der Waals surface area (Å²) < 4.78 is 37.9. The molecule has 1 aliphatic carbocycles. The highest BCUT2D eigenvalue weighted by atomic mass is 19.4. The molecule has 1 saturated carbocycles. The molecule has 24 heavy (non-hydrogen) atoms. The largest absolute Gasteiger partial charge is 0.416 e. The third-order valence-corrected chi connectivity index (χ3v) is 3.91. The summed E-state index contributed by atoms with van der Waals surface area (Å²) in [5, 5.41) is 16.5. The number of nitro benzene ring substituents is 1. The lowest BCUT2D eigenvalue weighted by atomic mass is 10.1. The summed E-state index contributed by atoms with van der Waals surface area (Å²) in [7, 11) is 0. The molecule has 0 radical (unpaired) electrons. The van der Waals surface area contributed by atoms with Crippen LogP contribution in [0.25, 0.3) is 0 Å². The van der Waals surface area contributed by atoms with E-state index in [1.54, 1.807) is 0 Å². The number of hydrogen-bond acceptors (Lipinski definition) is 4. The first-order valence-electron chi connectivity index (χ1n) is 7.66. The van der Waals surface area contributed by atoms with Crippen molar-refractivity contribution in [2.24, 2.45) is 0 Å². The molecular formula is C15H18F3N3O3. The number of hydrogen-bond donors (Lipinski definition) is 2. The van der Waals surface area contributed by atoms with Gasteiger partial charge in [0.15, 0.2) is 0 Å². The molecule has 1 aromatic carbocycles. The highest BCUT2D eigenvalue weighted by Crippen LogP contribution is 2.34. The second kappa shape index (κ2) is 7.50. The summed E-state index contributed by atoms with van der Waals surface area (Å²) in [5.74, 6) is -0.177. The third kappa shape index (κ3) is 4.84. The average Bonchev–Trinajstić information content (AvgIpc) is 2.99. The van der Waals surface area contributed by atoms with Crippen molar-refractivity contribution in [3.8, 4) is 0 Å². The summed E-state index contributed by atoms with van der Waals surface area (Å²) in [4.78, 5) is 21.8. The quantitative estimate of drug-likeness (QED) is 0.611. The van der Waals surface area contributed by atoms with Crippen LogP contribution in [0, 0.1) is 10.1 Å². The van der Waals surface area contributed by atoms with Gasteiger partial charge < -0.3 is 10.6 Å². The molecule has 1 aromatic rings. The molecular weight excluding hydrogens is 327 g/mol. The Balaban J connectivity index is 1.93. The Kier molecular flexibility index (Phi) is 5.63. The number of nitro groups is 1. The number of benzene rings is 1. The minimum Gasteiger partial charge on any atom is -0.379 e. The minimum absolute atomic E-state index is 0.0401. The summed E-state index contributed by atoms with van der Waals surface area (Å²) in [6.07, 6.45) is -0.492. The Morgan fingerprint density at radius 3 is 2.54 bits per heavy atom. The van der Waals surface area contributed by atoms with Gasteiger partial charge in [-0.3, -0.25) is 14.9 Å². The topological polar surface area (TPSA) is 84.3 Å². The van der Waals surface area contributed by atoms with Crippen LogP contribution in [-0.4, -0.2) is 23.4 Å². The molecule has 9 heteroatoms. The van der Waals surface area contributed by atoms with Gasteiger partial charge in [-0.15, -0.1) is 0 Å². The van der Waals surface area contributed by atoms with Crippen molar-refractivity contribution in [1.29, 1.82) is 0 Å². The number of carbonyl (C=O) groups excluding carboxylic acids is 1. The van der Waals surface area contributed by atoms with Crippen LogP contribution < -0.4 is 10.6 Å². The Morgan fingerprint density at radius 2 is 1.96 bits per heavy atom. The smallest absolute Gasteiger partial charge is 0.379 e. The van der Waals surface area contributed by atoms with Crippen LogP contribution in [0.2, 0.25) is 0 Å². The summed E-state index contributed by atoms with van der Waals surface area (Å²) in [6.45, 7) is 0.102. The molecule has 0 atom stereocenters. The fourth-order valence-electron chi connectivity index (χ4n) is 2.69. The van der Waals surface area contributed by atoms with Crippen molar-refractivity contribution in [3.05, 3.63) is 33.9 Å². The second-order valence-corrected chi connectivity index (χ2v) is 5.71. The molecule has 0 aromatic heterocycles. The maximum atomic E-state index is 12.6. The van der Waals surface area contributed by atoms with Crippen molar-refractivity contribution in [2.75, 3.05) is 11.9 Å². The first-order chi connectivity index (χ1) is 11.3. The Morgan fingerprint density at radius 1 is 1.29 bits per heavy atom. The molecule has 2 rings (SSSR count). The first-order valence-corrected chi connectivity index (χ1v) is 7.66. The van der Waals surface area contributed by atoms with Crippen molar-refractivity contribution in [3.63, 3.8) is 0 Å². The summed E-state index contributed by atoms with van der Waals surface area (Å²) >= 11 is 0. The van der Waals surface area contributed by atoms with Crippen molar-refractivity contribution >= 4 is 17.3 Å². The number of anilines is 1. The molecule has 6 nitrogen and oxygen atoms in total. The highest BCUT2D eigenvalue weighted by Gasteiger charge is 2.33. The minimum atomic E-state index is -4.65. The van der Waals surface area contributed by atoms with E-state index in [-0.39, 0.29) is 30.6 Å². The predicted molar refractivity (Wildman–Crippen MR) is 81.6 cm³/mol. The molecule has 0 spiro atoms. The molecule has 0 unspecified atom stereocenters. The molecule has 2 N–H and O–H groups in total. The van der Waals surface area contributed by atoms with Gasteiger partial charge >= 0.3 is 6.18 Å². The van der Waals surface area contributed by atoms with Crippen LogP contribution in [0.15, 0.2) is 18.2 Å².